The van der Waals surface area contributed by atoms with Crippen molar-refractivity contribution >= 4 is 11.7 Å². The third-order valence-corrected chi connectivity index (χ3v) is 4.43. The molecule has 0 N–H and O–H groups in total. The van der Waals surface area contributed by atoms with Gasteiger partial charge in [-0.2, -0.15) is 11.3 Å². The second-order valence-electron chi connectivity index (χ2n) is 6.08. The maximum atomic E-state index is 12.7. The van der Waals surface area contributed by atoms with Crippen LogP contribution in [0.15, 0.2) is 12.3 Å². The molecule has 1 amide bonds. The maximum Gasteiger partial charge on any atom is 0.237 e. The molecule has 5 nitrogen and oxygen atoms in total. The molecule has 2 heterocycles. The number of hydrogen-bond donors (Lipinski definition) is 0. The van der Waals surface area contributed by atoms with Gasteiger partial charge in [0.05, 0.1) is 12.6 Å². The topological polar surface area (TPSA) is 60.2 Å². The van der Waals surface area contributed by atoms with E-state index in [9.17, 15) is 4.79 Å². The zero-order valence-corrected chi connectivity index (χ0v) is 15.9. The van der Waals surface area contributed by atoms with E-state index in [1.54, 1.807) is 11.1 Å². The number of hydrogen-bond acceptors (Lipinski definition) is 4. The van der Waals surface area contributed by atoms with Crippen LogP contribution in [-0.2, 0) is 37.5 Å². The van der Waals surface area contributed by atoms with Crippen molar-refractivity contribution in [2.24, 2.45) is 0 Å². The zero-order chi connectivity index (χ0) is 15.0. The van der Waals surface area contributed by atoms with Crippen molar-refractivity contribution in [2.45, 2.75) is 38.1 Å². The van der Waals surface area contributed by atoms with Gasteiger partial charge in [0, 0.05) is 51.6 Å². The maximum absolute atomic E-state index is 12.7. The molecular weight excluding hydrogens is 353 g/mol. The largest absolute Gasteiger partial charge is 0.367 e. The summed E-state index contributed by atoms with van der Waals surface area (Å²) in [4.78, 5) is 20.9. The van der Waals surface area contributed by atoms with Crippen molar-refractivity contribution in [3.63, 3.8) is 0 Å². The third-order valence-electron chi connectivity index (χ3n) is 4.43. The van der Waals surface area contributed by atoms with Crippen molar-refractivity contribution in [3.05, 3.63) is 23.9 Å². The molecule has 2 aliphatic rings. The van der Waals surface area contributed by atoms with Crippen LogP contribution < -0.4 is 4.90 Å². The summed E-state index contributed by atoms with van der Waals surface area (Å²) in [5.41, 5.74) is 0.613. The fourth-order valence-electron chi connectivity index (χ4n) is 2.93. The molecule has 113 valence electrons. The van der Waals surface area contributed by atoms with E-state index in [1.165, 1.54) is 0 Å². The molecule has 22 heavy (non-hydrogen) atoms. The quantitative estimate of drug-likeness (QED) is 0.599. The van der Waals surface area contributed by atoms with Crippen molar-refractivity contribution in [3.8, 4) is 6.07 Å². The molecule has 3 rings (SSSR count). The van der Waals surface area contributed by atoms with E-state index in [1.807, 2.05) is 11.0 Å². The molecule has 0 atom stereocenters. The summed E-state index contributed by atoms with van der Waals surface area (Å²) >= 11 is 0. The van der Waals surface area contributed by atoms with Crippen LogP contribution in [0.5, 0.6) is 0 Å². The van der Waals surface area contributed by atoms with Gasteiger partial charge in [-0.25, -0.2) is 0 Å². The Labute approximate surface area is 156 Å². The monoisotopic (exact) mass is 372 g/mol. The second kappa shape index (κ2) is 6.74. The van der Waals surface area contributed by atoms with Crippen molar-refractivity contribution in [1.29, 1.82) is 5.26 Å². The van der Waals surface area contributed by atoms with Gasteiger partial charge >= 0.3 is 0 Å². The van der Waals surface area contributed by atoms with Crippen LogP contribution in [0.1, 0.15) is 38.2 Å². The SMILES string of the molecule is CC(C)c1[c-]cc(N2CCN(CC#N)C3(CC3)C2=O)nc1.[Y]. The molecule has 0 aromatic carbocycles. The van der Waals surface area contributed by atoms with Gasteiger partial charge in [-0.15, -0.1) is 11.6 Å². The van der Waals surface area contributed by atoms with Crippen LogP contribution in [0.4, 0.5) is 5.82 Å². The van der Waals surface area contributed by atoms with Crippen LogP contribution >= 0.6 is 0 Å². The molecule has 1 saturated heterocycles. The predicted molar refractivity (Wildman–Crippen MR) is 78.7 cm³/mol. The van der Waals surface area contributed by atoms with Gasteiger partial charge in [0.15, 0.2) is 0 Å². The number of amides is 1. The van der Waals surface area contributed by atoms with Crippen LogP contribution in [0, 0.1) is 17.4 Å². The molecule has 0 bridgehead atoms. The standard InChI is InChI=1S/C16H19N4O.Y/c1-12(2)13-3-4-14(18-11-13)20-10-9-19(8-7-17)16(5-6-16)15(20)21;/h4,11-12H,5-6,8-10H2,1-2H3;/q-1;. The van der Waals surface area contributed by atoms with Crippen LogP contribution in [0.25, 0.3) is 0 Å². The summed E-state index contributed by atoms with van der Waals surface area (Å²) in [7, 11) is 0. The van der Waals surface area contributed by atoms with Gasteiger partial charge in [-0.1, -0.05) is 20.0 Å². The Morgan fingerprint density at radius 3 is 2.68 bits per heavy atom. The number of carbonyl (C=O) groups excluding carboxylic acids is 1. The summed E-state index contributed by atoms with van der Waals surface area (Å²) in [5.74, 6) is 1.14. The smallest absolute Gasteiger partial charge is 0.237 e. The van der Waals surface area contributed by atoms with Gasteiger partial charge in [-0.05, 0) is 18.8 Å². The molecule has 1 aliphatic heterocycles. The van der Waals surface area contributed by atoms with E-state index in [0.717, 1.165) is 24.9 Å². The Balaban J connectivity index is 0.00000176. The normalized spacial score (nSPS) is 19.9. The number of piperazine rings is 1. The van der Waals surface area contributed by atoms with Crippen LogP contribution in [0.2, 0.25) is 0 Å². The molecule has 1 radical (unpaired) electrons. The first kappa shape index (κ1) is 17.5. The van der Waals surface area contributed by atoms with E-state index in [0.29, 0.717) is 24.8 Å². The fourth-order valence-corrected chi connectivity index (χ4v) is 2.93. The minimum atomic E-state index is -0.438. The molecule has 0 unspecified atom stereocenters. The molecule has 1 aromatic rings. The van der Waals surface area contributed by atoms with Gasteiger partial charge < -0.3 is 9.88 Å². The molecule has 1 aliphatic carbocycles. The number of anilines is 1. The van der Waals surface area contributed by atoms with Gasteiger partial charge in [0.25, 0.3) is 0 Å². The Morgan fingerprint density at radius 2 is 2.18 bits per heavy atom. The van der Waals surface area contributed by atoms with E-state index in [2.05, 4.69) is 31.0 Å². The van der Waals surface area contributed by atoms with E-state index < -0.39 is 5.54 Å². The van der Waals surface area contributed by atoms with Crippen LogP contribution in [0.3, 0.4) is 0 Å². The average Bonchev–Trinajstić information content (AvgIpc) is 3.27. The van der Waals surface area contributed by atoms with Crippen LogP contribution in [-0.4, -0.2) is 41.0 Å². The summed E-state index contributed by atoms with van der Waals surface area (Å²) in [6.45, 7) is 5.83. The number of aromatic nitrogens is 1. The number of rotatable bonds is 3. The first-order valence-corrected chi connectivity index (χ1v) is 7.40. The molecular formula is C16H19N4OY-. The van der Waals surface area contributed by atoms with Crippen molar-refractivity contribution < 1.29 is 37.5 Å². The Bertz CT molecular complexity index is 589. The first-order valence-electron chi connectivity index (χ1n) is 7.40. The first-order chi connectivity index (χ1) is 10.1. The molecule has 1 saturated carbocycles. The Kier molecular flexibility index (Phi) is 5.37. The Morgan fingerprint density at radius 1 is 1.45 bits per heavy atom. The zero-order valence-electron chi connectivity index (χ0n) is 13.0. The van der Waals surface area contributed by atoms with Gasteiger partial charge in [-0.3, -0.25) is 9.69 Å². The van der Waals surface area contributed by atoms with Crippen molar-refractivity contribution in [2.75, 3.05) is 24.5 Å². The molecule has 1 spiro atoms. The van der Waals surface area contributed by atoms with E-state index >= 15 is 0 Å². The fraction of sp³-hybridized carbons (Fsp3) is 0.562. The molecule has 6 heteroatoms. The minimum Gasteiger partial charge on any atom is -0.367 e. The predicted octanol–water partition coefficient (Wildman–Crippen LogP) is 1.71. The molecule has 1 aromatic heterocycles. The van der Waals surface area contributed by atoms with Crippen molar-refractivity contribution in [1.82, 2.24) is 9.88 Å². The van der Waals surface area contributed by atoms with E-state index in [4.69, 9.17) is 5.26 Å². The summed E-state index contributed by atoms with van der Waals surface area (Å²) in [6, 6.07) is 7.19. The summed E-state index contributed by atoms with van der Waals surface area (Å²) in [6.07, 6.45) is 3.49. The van der Waals surface area contributed by atoms with Gasteiger partial charge in [0.1, 0.15) is 5.54 Å². The molecule has 2 fully saturated rings. The number of carbonyl (C=O) groups is 1. The second-order valence-corrected chi connectivity index (χ2v) is 6.08. The Hall–Kier alpha value is -0.826. The van der Waals surface area contributed by atoms with Gasteiger partial charge in [0.2, 0.25) is 5.91 Å². The minimum absolute atomic E-state index is 0. The summed E-state index contributed by atoms with van der Waals surface area (Å²) < 4.78 is 0. The average molecular weight is 372 g/mol. The van der Waals surface area contributed by atoms with E-state index in [-0.39, 0.29) is 38.6 Å². The number of nitriles is 1. The number of pyridine rings is 1. The number of nitrogens with zero attached hydrogens (tertiary/aromatic N) is 4. The summed E-state index contributed by atoms with van der Waals surface area (Å²) in [5, 5.41) is 8.90. The third kappa shape index (κ3) is 2.97.